The molecule has 2 aromatic carbocycles. The van der Waals surface area contributed by atoms with Crippen molar-refractivity contribution in [2.24, 2.45) is 0 Å². The van der Waals surface area contributed by atoms with E-state index in [0.717, 1.165) is 16.6 Å². The molecule has 0 saturated heterocycles. The molecule has 0 bridgehead atoms. The van der Waals surface area contributed by atoms with Gasteiger partial charge in [0.05, 0.1) is 23.8 Å². The molecule has 1 N–H and O–H groups in total. The minimum atomic E-state index is -0.218. The highest BCUT2D eigenvalue weighted by Crippen LogP contribution is 2.18. The molecule has 0 radical (unpaired) electrons. The van der Waals surface area contributed by atoms with Gasteiger partial charge in [0.1, 0.15) is 5.52 Å². The van der Waals surface area contributed by atoms with Crippen LogP contribution in [0.5, 0.6) is 0 Å². The molecule has 3 aromatic heterocycles. The summed E-state index contributed by atoms with van der Waals surface area (Å²) in [6.07, 6.45) is 5.01. The molecule has 7 nitrogen and oxygen atoms in total. The summed E-state index contributed by atoms with van der Waals surface area (Å²) in [7, 11) is 0. The number of carbonyl (C=O) groups excluding carboxylic acids is 1. The summed E-state index contributed by atoms with van der Waals surface area (Å²) in [6.45, 7) is 0.776. The highest BCUT2D eigenvalue weighted by molar-refractivity contribution is 5.97. The number of carbonyl (C=O) groups is 1. The zero-order valence-electron chi connectivity index (χ0n) is 16.6. The first kappa shape index (κ1) is 18.7. The molecule has 31 heavy (non-hydrogen) atoms. The van der Waals surface area contributed by atoms with Crippen LogP contribution in [-0.2, 0) is 13.1 Å². The molecule has 7 heteroatoms. The lowest BCUT2D eigenvalue weighted by atomic mass is 10.1. The molecule has 0 atom stereocenters. The quantitative estimate of drug-likeness (QED) is 0.484. The maximum atomic E-state index is 13.2. The lowest BCUT2D eigenvalue weighted by molar-refractivity contribution is 0.0951. The van der Waals surface area contributed by atoms with Gasteiger partial charge in [-0.05, 0) is 41.5 Å². The van der Waals surface area contributed by atoms with Crippen LogP contribution in [0.1, 0.15) is 21.5 Å². The van der Waals surface area contributed by atoms with Gasteiger partial charge in [-0.25, -0.2) is 4.52 Å². The minimum Gasteiger partial charge on any atom is -0.348 e. The Morgan fingerprint density at radius 3 is 2.52 bits per heavy atom. The Balaban J connectivity index is 1.57. The lowest BCUT2D eigenvalue weighted by Gasteiger charge is -2.13. The molecule has 0 aliphatic rings. The zero-order valence-corrected chi connectivity index (χ0v) is 16.6. The van der Waals surface area contributed by atoms with Gasteiger partial charge >= 0.3 is 0 Å². The molecule has 0 aliphatic carbocycles. The monoisotopic (exact) mass is 409 g/mol. The summed E-state index contributed by atoms with van der Waals surface area (Å²) in [5, 5.41) is 7.21. The second-order valence-corrected chi connectivity index (χ2v) is 7.25. The highest BCUT2D eigenvalue weighted by atomic mass is 16.1. The van der Waals surface area contributed by atoms with Gasteiger partial charge in [-0.1, -0.05) is 36.4 Å². The molecule has 5 rings (SSSR count). The predicted octanol–water partition coefficient (Wildman–Crippen LogP) is 3.02. The lowest BCUT2D eigenvalue weighted by Crippen LogP contribution is -2.25. The second-order valence-electron chi connectivity index (χ2n) is 7.25. The van der Waals surface area contributed by atoms with Crippen LogP contribution in [0.2, 0.25) is 0 Å². The Morgan fingerprint density at radius 1 is 0.871 bits per heavy atom. The van der Waals surface area contributed by atoms with E-state index in [2.05, 4.69) is 15.4 Å². The van der Waals surface area contributed by atoms with Crippen molar-refractivity contribution in [1.29, 1.82) is 0 Å². The average molecular weight is 409 g/mol. The maximum Gasteiger partial charge on any atom is 0.277 e. The van der Waals surface area contributed by atoms with Crippen LogP contribution in [0.4, 0.5) is 0 Å². The summed E-state index contributed by atoms with van der Waals surface area (Å²) >= 11 is 0. The molecule has 1 amide bonds. The third-order valence-corrected chi connectivity index (χ3v) is 5.22. The molecule has 0 fully saturated rings. The smallest absolute Gasteiger partial charge is 0.277 e. The van der Waals surface area contributed by atoms with Crippen LogP contribution in [0.25, 0.3) is 16.6 Å². The van der Waals surface area contributed by atoms with E-state index < -0.39 is 0 Å². The third-order valence-electron chi connectivity index (χ3n) is 5.22. The predicted molar refractivity (Wildman–Crippen MR) is 118 cm³/mol. The van der Waals surface area contributed by atoms with E-state index in [1.54, 1.807) is 45.9 Å². The fourth-order valence-electron chi connectivity index (χ4n) is 3.67. The number of hydrogen-bond donors (Lipinski definition) is 1. The first-order valence-electron chi connectivity index (χ1n) is 9.92. The Hall–Kier alpha value is -4.26. The summed E-state index contributed by atoms with van der Waals surface area (Å²) in [6, 6.07) is 20.5. The molecule has 152 valence electrons. The van der Waals surface area contributed by atoms with E-state index in [-0.39, 0.29) is 11.5 Å². The van der Waals surface area contributed by atoms with E-state index in [1.165, 1.54) is 0 Å². The standard InChI is InChI=1S/C24H19N5O2/c30-23(26-15-18-7-4-11-25-14-18)19-8-9-20-22(13-19)28(16-17-5-2-1-3-6-17)24(31)21-10-12-27-29(20)21/h1-14H,15-16H2,(H,26,30). The van der Waals surface area contributed by atoms with Crippen LogP contribution < -0.4 is 10.9 Å². The number of rotatable bonds is 5. The third kappa shape index (κ3) is 3.57. The number of pyridine rings is 1. The van der Waals surface area contributed by atoms with Crippen LogP contribution in [-0.4, -0.2) is 25.1 Å². The molecule has 0 saturated carbocycles. The van der Waals surface area contributed by atoms with Gasteiger partial charge in [0.2, 0.25) is 0 Å². The van der Waals surface area contributed by atoms with E-state index >= 15 is 0 Å². The van der Waals surface area contributed by atoms with Gasteiger partial charge in [0.25, 0.3) is 11.5 Å². The summed E-state index contributed by atoms with van der Waals surface area (Å²) in [5.41, 5.74) is 4.15. The van der Waals surface area contributed by atoms with Crippen molar-refractivity contribution in [3.05, 3.63) is 112 Å². The number of hydrogen-bond acceptors (Lipinski definition) is 4. The number of nitrogens with zero attached hydrogens (tertiary/aromatic N) is 4. The Labute approximate surface area is 177 Å². The van der Waals surface area contributed by atoms with E-state index in [9.17, 15) is 9.59 Å². The second kappa shape index (κ2) is 7.87. The van der Waals surface area contributed by atoms with E-state index in [1.807, 2.05) is 48.5 Å². The van der Waals surface area contributed by atoms with Gasteiger partial charge < -0.3 is 9.88 Å². The number of fused-ring (bicyclic) bond motifs is 3. The summed E-state index contributed by atoms with van der Waals surface area (Å²) < 4.78 is 3.32. The largest absolute Gasteiger partial charge is 0.348 e. The van der Waals surface area contributed by atoms with Crippen molar-refractivity contribution in [2.75, 3.05) is 0 Å². The van der Waals surface area contributed by atoms with Crippen LogP contribution in [0, 0.1) is 0 Å². The topological polar surface area (TPSA) is 81.3 Å². The highest BCUT2D eigenvalue weighted by Gasteiger charge is 2.15. The van der Waals surface area contributed by atoms with Crippen LogP contribution >= 0.6 is 0 Å². The Morgan fingerprint density at radius 2 is 1.71 bits per heavy atom. The van der Waals surface area contributed by atoms with Gasteiger partial charge in [-0.2, -0.15) is 5.10 Å². The van der Waals surface area contributed by atoms with Crippen molar-refractivity contribution in [1.82, 2.24) is 24.5 Å². The van der Waals surface area contributed by atoms with Crippen molar-refractivity contribution < 1.29 is 4.79 Å². The number of amides is 1. The molecule has 3 heterocycles. The first-order valence-corrected chi connectivity index (χ1v) is 9.92. The van der Waals surface area contributed by atoms with Gasteiger partial charge in [-0.3, -0.25) is 14.6 Å². The van der Waals surface area contributed by atoms with E-state index in [0.29, 0.717) is 29.7 Å². The van der Waals surface area contributed by atoms with Gasteiger partial charge in [-0.15, -0.1) is 0 Å². The molecular weight excluding hydrogens is 390 g/mol. The zero-order chi connectivity index (χ0) is 21.2. The average Bonchev–Trinajstić information content (AvgIpc) is 3.32. The SMILES string of the molecule is O=C(NCc1cccnc1)c1ccc2c(c1)n(Cc1ccccc1)c(=O)c1ccnn12. The van der Waals surface area contributed by atoms with Gasteiger partial charge in [0.15, 0.2) is 0 Å². The Bertz CT molecular complexity index is 1440. The molecule has 0 spiro atoms. The van der Waals surface area contributed by atoms with E-state index in [4.69, 9.17) is 0 Å². The van der Waals surface area contributed by atoms with Crippen LogP contribution in [0.15, 0.2) is 90.1 Å². The van der Waals surface area contributed by atoms with Crippen LogP contribution in [0.3, 0.4) is 0 Å². The first-order chi connectivity index (χ1) is 15.2. The Kier molecular flexibility index (Phi) is 4.76. The number of nitrogens with one attached hydrogen (secondary N) is 1. The number of benzene rings is 2. The molecule has 0 aliphatic heterocycles. The normalized spacial score (nSPS) is 11.1. The van der Waals surface area contributed by atoms with Crippen molar-refractivity contribution >= 4 is 22.5 Å². The fraction of sp³-hybridized carbons (Fsp3) is 0.0833. The maximum absolute atomic E-state index is 13.2. The summed E-state index contributed by atoms with van der Waals surface area (Å²) in [5.74, 6) is -0.218. The minimum absolute atomic E-state index is 0.151. The van der Waals surface area contributed by atoms with Gasteiger partial charge in [0, 0.05) is 24.5 Å². The fourth-order valence-corrected chi connectivity index (χ4v) is 3.67. The molecular formula is C24H19N5O2. The molecule has 0 unspecified atom stereocenters. The van der Waals surface area contributed by atoms with Crippen molar-refractivity contribution in [3.63, 3.8) is 0 Å². The van der Waals surface area contributed by atoms with Crippen molar-refractivity contribution in [2.45, 2.75) is 13.1 Å². The van der Waals surface area contributed by atoms with Crippen molar-refractivity contribution in [3.8, 4) is 0 Å². The molecule has 5 aromatic rings. The number of aromatic nitrogens is 4. The summed E-state index contributed by atoms with van der Waals surface area (Å²) in [4.78, 5) is 30.0.